The Hall–Kier alpha value is -3.55. The quantitative estimate of drug-likeness (QED) is 0.302. The highest BCUT2D eigenvalue weighted by molar-refractivity contribution is 6.00. The summed E-state index contributed by atoms with van der Waals surface area (Å²) in [5, 5.41) is 3.64. The summed E-state index contributed by atoms with van der Waals surface area (Å²) in [6.45, 7) is 0.518. The number of rotatable bonds is 7. The molecule has 4 saturated carbocycles. The standard InChI is InChI=1S/C28H25F6N5O3/c29-19(30)21-37-20(38-42-21)16-2-1-3-18(8-16)39(23(40)25-11-26(31,12-25)13-25)14-24-4-6-27(7-5-24,41-15-24)17-9-35-22(36-10-17)28(32,33)34/h1-3,8-10,19H,4-7,11-15H2. The number of hydrogen-bond acceptors (Lipinski definition) is 7. The van der Waals surface area contributed by atoms with Crippen LogP contribution in [-0.2, 0) is 21.3 Å². The van der Waals surface area contributed by atoms with Gasteiger partial charge in [-0.1, -0.05) is 17.3 Å². The van der Waals surface area contributed by atoms with E-state index >= 15 is 0 Å². The molecule has 222 valence electrons. The van der Waals surface area contributed by atoms with Crippen LogP contribution >= 0.6 is 0 Å². The minimum absolute atomic E-state index is 0.0480. The van der Waals surface area contributed by atoms with E-state index in [-0.39, 0.29) is 44.1 Å². The number of carbonyl (C=O) groups is 1. The van der Waals surface area contributed by atoms with Crippen LogP contribution in [-0.4, -0.2) is 44.8 Å². The molecule has 42 heavy (non-hydrogen) atoms. The number of aromatic nitrogens is 4. The number of benzene rings is 1. The number of nitrogens with zero attached hydrogens (tertiary/aromatic N) is 5. The van der Waals surface area contributed by atoms with E-state index in [9.17, 15) is 31.1 Å². The third kappa shape index (κ3) is 4.28. The lowest BCUT2D eigenvalue weighted by Gasteiger charge is -2.65. The van der Waals surface area contributed by atoms with E-state index in [1.54, 1.807) is 29.2 Å². The van der Waals surface area contributed by atoms with Gasteiger partial charge in [-0.25, -0.2) is 14.4 Å². The average molecular weight is 594 g/mol. The van der Waals surface area contributed by atoms with Crippen molar-refractivity contribution in [1.29, 1.82) is 0 Å². The first-order valence-electron chi connectivity index (χ1n) is 13.6. The van der Waals surface area contributed by atoms with Gasteiger partial charge in [-0.2, -0.15) is 26.9 Å². The highest BCUT2D eigenvalue weighted by Gasteiger charge is 2.73. The molecule has 2 saturated heterocycles. The molecule has 3 aromatic rings. The molecule has 2 aliphatic heterocycles. The van der Waals surface area contributed by atoms with Gasteiger partial charge in [0.25, 0.3) is 5.89 Å². The molecule has 0 N–H and O–H groups in total. The Morgan fingerprint density at radius 1 is 1.05 bits per heavy atom. The van der Waals surface area contributed by atoms with Gasteiger partial charge in [0.2, 0.25) is 17.6 Å². The summed E-state index contributed by atoms with van der Waals surface area (Å²) in [5.74, 6) is -2.27. The molecule has 0 atom stereocenters. The SMILES string of the molecule is O=C(N(CC12CCC(c3cnc(C(F)(F)F)nc3)(CC1)OC2)c1cccc(-c2noc(C(F)F)n2)c1)C12CC(F)(C1)C2. The minimum atomic E-state index is -4.64. The molecular formula is C28H25F6N5O3. The van der Waals surface area contributed by atoms with Crippen molar-refractivity contribution in [2.45, 2.75) is 68.8 Å². The molecular weight excluding hydrogens is 568 g/mol. The summed E-state index contributed by atoms with van der Waals surface area (Å²) < 4.78 is 90.3. The van der Waals surface area contributed by atoms with Crippen LogP contribution in [0.15, 0.2) is 41.2 Å². The summed E-state index contributed by atoms with van der Waals surface area (Å²) in [4.78, 5) is 26.4. The number of hydrogen-bond donors (Lipinski definition) is 0. The molecule has 1 aromatic carbocycles. The van der Waals surface area contributed by atoms with E-state index in [0.717, 1.165) is 0 Å². The Balaban J connectivity index is 1.15. The van der Waals surface area contributed by atoms with Crippen molar-refractivity contribution in [3.63, 3.8) is 0 Å². The van der Waals surface area contributed by atoms with Crippen LogP contribution in [0.5, 0.6) is 0 Å². The zero-order chi connectivity index (χ0) is 29.5. The lowest BCUT2D eigenvalue weighted by atomic mass is 9.41. The molecule has 6 aliphatic rings. The topological polar surface area (TPSA) is 94.2 Å². The van der Waals surface area contributed by atoms with E-state index in [0.29, 0.717) is 42.5 Å². The Kier molecular flexibility index (Phi) is 5.83. The molecule has 9 rings (SSSR count). The van der Waals surface area contributed by atoms with Crippen molar-refractivity contribution in [3.05, 3.63) is 53.9 Å². The van der Waals surface area contributed by atoms with Gasteiger partial charge in [-0.3, -0.25) is 4.79 Å². The van der Waals surface area contributed by atoms with Crippen molar-refractivity contribution in [1.82, 2.24) is 20.1 Å². The van der Waals surface area contributed by atoms with Crippen molar-refractivity contribution in [2.75, 3.05) is 18.1 Å². The Morgan fingerprint density at radius 2 is 1.74 bits per heavy atom. The molecule has 8 nitrogen and oxygen atoms in total. The van der Waals surface area contributed by atoms with Gasteiger partial charge in [0.1, 0.15) is 5.67 Å². The van der Waals surface area contributed by atoms with Crippen LogP contribution in [0, 0.1) is 10.8 Å². The van der Waals surface area contributed by atoms with Crippen LogP contribution in [0.4, 0.5) is 32.0 Å². The molecule has 14 heteroatoms. The van der Waals surface area contributed by atoms with E-state index in [2.05, 4.69) is 24.6 Å². The van der Waals surface area contributed by atoms with Crippen LogP contribution in [0.25, 0.3) is 11.4 Å². The van der Waals surface area contributed by atoms with Gasteiger partial charge in [0, 0.05) is 41.2 Å². The van der Waals surface area contributed by atoms with E-state index < -0.39 is 46.4 Å². The smallest absolute Gasteiger partial charge is 0.370 e. The third-order valence-corrected chi connectivity index (χ3v) is 9.41. The molecule has 0 radical (unpaired) electrons. The maximum Gasteiger partial charge on any atom is 0.451 e. The normalized spacial score (nSPS) is 31.5. The van der Waals surface area contributed by atoms with E-state index in [1.165, 1.54) is 12.4 Å². The predicted molar refractivity (Wildman–Crippen MR) is 133 cm³/mol. The first-order valence-corrected chi connectivity index (χ1v) is 13.6. The number of halogens is 6. The molecule has 0 unspecified atom stereocenters. The van der Waals surface area contributed by atoms with Crippen LogP contribution in [0.1, 0.15) is 68.6 Å². The average Bonchev–Trinajstić information content (AvgIpc) is 3.45. The Labute approximate surface area is 235 Å². The second kappa shape index (κ2) is 8.98. The molecule has 4 bridgehead atoms. The fourth-order valence-electron chi connectivity index (χ4n) is 7.10. The van der Waals surface area contributed by atoms with Gasteiger partial charge in [-0.05, 0) is 57.1 Å². The fraction of sp³-hybridized carbons (Fsp3) is 0.536. The number of alkyl halides is 6. The number of carbonyl (C=O) groups excluding carboxylic acids is 1. The maximum atomic E-state index is 14.4. The summed E-state index contributed by atoms with van der Waals surface area (Å²) in [6.07, 6.45) is -2.48. The molecule has 4 aliphatic carbocycles. The van der Waals surface area contributed by atoms with Gasteiger partial charge in [-0.15, -0.1) is 0 Å². The lowest BCUT2D eigenvalue weighted by molar-refractivity contribution is -0.213. The van der Waals surface area contributed by atoms with Crippen molar-refractivity contribution < 1.29 is 40.4 Å². The number of amides is 1. The molecule has 2 aromatic heterocycles. The number of fused-ring (bicyclic) bond motifs is 3. The van der Waals surface area contributed by atoms with Gasteiger partial charge in [0.15, 0.2) is 0 Å². The van der Waals surface area contributed by atoms with E-state index in [1.807, 2.05) is 0 Å². The molecule has 0 spiro atoms. The summed E-state index contributed by atoms with van der Waals surface area (Å²) in [6, 6.07) is 6.63. The number of ether oxygens (including phenoxy) is 1. The van der Waals surface area contributed by atoms with Crippen molar-refractivity contribution >= 4 is 11.6 Å². The van der Waals surface area contributed by atoms with E-state index in [4.69, 9.17) is 4.74 Å². The minimum Gasteiger partial charge on any atom is -0.370 e. The summed E-state index contributed by atoms with van der Waals surface area (Å²) in [7, 11) is 0. The largest absolute Gasteiger partial charge is 0.451 e. The first-order chi connectivity index (χ1) is 19.8. The van der Waals surface area contributed by atoms with Crippen molar-refractivity contribution in [3.8, 4) is 11.4 Å². The highest BCUT2D eigenvalue weighted by Crippen LogP contribution is 2.70. The van der Waals surface area contributed by atoms with Gasteiger partial charge < -0.3 is 14.2 Å². The zero-order valence-electron chi connectivity index (χ0n) is 22.1. The molecule has 4 heterocycles. The molecule has 6 fully saturated rings. The van der Waals surface area contributed by atoms with Gasteiger partial charge >= 0.3 is 12.6 Å². The Bertz CT molecular complexity index is 1500. The van der Waals surface area contributed by atoms with Crippen LogP contribution in [0.2, 0.25) is 0 Å². The second-order valence-corrected chi connectivity index (χ2v) is 12.2. The number of anilines is 1. The lowest BCUT2D eigenvalue weighted by Crippen LogP contribution is -2.71. The Morgan fingerprint density at radius 3 is 2.29 bits per heavy atom. The highest BCUT2D eigenvalue weighted by atomic mass is 19.4. The van der Waals surface area contributed by atoms with Crippen LogP contribution in [0.3, 0.4) is 0 Å². The summed E-state index contributed by atoms with van der Waals surface area (Å²) in [5.41, 5.74) is -1.98. The third-order valence-electron chi connectivity index (χ3n) is 9.41. The van der Waals surface area contributed by atoms with Gasteiger partial charge in [0.05, 0.1) is 17.6 Å². The maximum absolute atomic E-state index is 14.4. The molecule has 1 amide bonds. The van der Waals surface area contributed by atoms with Crippen molar-refractivity contribution in [2.24, 2.45) is 10.8 Å². The van der Waals surface area contributed by atoms with Crippen LogP contribution < -0.4 is 4.90 Å². The zero-order valence-corrected chi connectivity index (χ0v) is 22.1. The monoisotopic (exact) mass is 593 g/mol. The predicted octanol–water partition coefficient (Wildman–Crippen LogP) is 6.19. The second-order valence-electron chi connectivity index (χ2n) is 12.2. The first kappa shape index (κ1) is 27.3. The fourth-order valence-corrected chi connectivity index (χ4v) is 7.10. The summed E-state index contributed by atoms with van der Waals surface area (Å²) >= 11 is 0.